The smallest absolute Gasteiger partial charge is 0.465 e. The van der Waals surface area contributed by atoms with Gasteiger partial charge in [-0.25, -0.2) is 4.79 Å². The molecular weight excluding hydrogens is 353 g/mol. The van der Waals surface area contributed by atoms with Crippen LogP contribution in [-0.4, -0.2) is 30.3 Å². The summed E-state index contributed by atoms with van der Waals surface area (Å²) in [6, 6.07) is 5.50. The predicted molar refractivity (Wildman–Crippen MR) is 85.9 cm³/mol. The number of hydrogen-bond donors (Lipinski definition) is 2. The maximum absolute atomic E-state index is 12.4. The van der Waals surface area contributed by atoms with Gasteiger partial charge in [0, 0.05) is 17.8 Å². The maximum atomic E-state index is 12.4. The van der Waals surface area contributed by atoms with Gasteiger partial charge in [-0.3, -0.25) is 4.79 Å². The van der Waals surface area contributed by atoms with Gasteiger partial charge in [0.25, 0.3) is 5.91 Å². The number of ether oxygens (including phenoxy) is 2. The zero-order valence-corrected chi connectivity index (χ0v) is 14.3. The Bertz CT molecular complexity index is 828. The molecule has 26 heavy (non-hydrogen) atoms. The van der Waals surface area contributed by atoms with E-state index < -0.39 is 24.0 Å². The number of carbonyl (C=O) groups is 2. The van der Waals surface area contributed by atoms with Crippen molar-refractivity contribution in [1.29, 1.82) is 0 Å². The topological polar surface area (TPSA) is 80.4 Å². The third-order valence-electron chi connectivity index (χ3n) is 3.69. The van der Waals surface area contributed by atoms with E-state index in [-0.39, 0.29) is 23.4 Å². The first-order chi connectivity index (χ1) is 12.1. The standard InChI is InChI=1S/C17H17F3N2O4/c1-9-13(16(24)25-3)10(2)22-14(9)15(23)21-8-11-6-4-5-7-12(11)26-17(18,19)20/h4-7,22H,8H2,1-3H3,(H,21,23). The number of aromatic nitrogens is 1. The molecule has 0 saturated carbocycles. The minimum absolute atomic E-state index is 0.136. The van der Waals surface area contributed by atoms with Crippen LogP contribution in [0.2, 0.25) is 0 Å². The van der Waals surface area contributed by atoms with Gasteiger partial charge < -0.3 is 19.8 Å². The van der Waals surface area contributed by atoms with Crippen molar-refractivity contribution in [3.63, 3.8) is 0 Å². The SMILES string of the molecule is COC(=O)c1c(C)[nH]c(C(=O)NCc2ccccc2OC(F)(F)F)c1C. The van der Waals surface area contributed by atoms with Crippen molar-refractivity contribution in [2.45, 2.75) is 26.8 Å². The van der Waals surface area contributed by atoms with E-state index >= 15 is 0 Å². The Kier molecular flexibility index (Phi) is 5.59. The fourth-order valence-electron chi connectivity index (χ4n) is 2.52. The molecule has 0 bridgehead atoms. The first-order valence-corrected chi connectivity index (χ1v) is 7.53. The summed E-state index contributed by atoms with van der Waals surface area (Å²) < 4.78 is 45.9. The molecule has 6 nitrogen and oxygen atoms in total. The summed E-state index contributed by atoms with van der Waals surface area (Å²) in [7, 11) is 1.23. The molecule has 1 aromatic heterocycles. The monoisotopic (exact) mass is 370 g/mol. The number of halogens is 3. The van der Waals surface area contributed by atoms with E-state index in [0.717, 1.165) is 6.07 Å². The number of hydrogen-bond acceptors (Lipinski definition) is 4. The Morgan fingerprint density at radius 3 is 2.46 bits per heavy atom. The third kappa shape index (κ3) is 4.35. The van der Waals surface area contributed by atoms with Gasteiger partial charge >= 0.3 is 12.3 Å². The average molecular weight is 370 g/mol. The van der Waals surface area contributed by atoms with Gasteiger partial charge in [0.1, 0.15) is 11.4 Å². The van der Waals surface area contributed by atoms with E-state index in [1.54, 1.807) is 13.8 Å². The first kappa shape index (κ1) is 19.4. The van der Waals surface area contributed by atoms with Crippen molar-refractivity contribution in [2.75, 3.05) is 7.11 Å². The molecule has 0 aliphatic heterocycles. The van der Waals surface area contributed by atoms with E-state index in [0.29, 0.717) is 11.3 Å². The highest BCUT2D eigenvalue weighted by molar-refractivity contribution is 6.00. The van der Waals surface area contributed by atoms with Crippen molar-refractivity contribution < 1.29 is 32.2 Å². The largest absolute Gasteiger partial charge is 0.573 e. The summed E-state index contributed by atoms with van der Waals surface area (Å²) in [6.45, 7) is 3.00. The molecule has 0 radical (unpaired) electrons. The molecule has 1 amide bonds. The maximum Gasteiger partial charge on any atom is 0.573 e. The Balaban J connectivity index is 2.17. The molecule has 2 rings (SSSR count). The second-order valence-electron chi connectivity index (χ2n) is 5.45. The number of aryl methyl sites for hydroxylation is 1. The zero-order valence-electron chi connectivity index (χ0n) is 14.3. The number of H-pyrrole nitrogens is 1. The van der Waals surface area contributed by atoms with Crippen LogP contribution in [0.25, 0.3) is 0 Å². The summed E-state index contributed by atoms with van der Waals surface area (Å²) in [5.74, 6) is -1.54. The number of para-hydroxylation sites is 1. The average Bonchev–Trinajstić information content (AvgIpc) is 2.86. The van der Waals surface area contributed by atoms with E-state index in [1.165, 1.54) is 25.3 Å². The summed E-state index contributed by atoms with van der Waals surface area (Å²) in [5, 5.41) is 2.51. The molecular formula is C17H17F3N2O4. The van der Waals surface area contributed by atoms with Gasteiger partial charge in [-0.2, -0.15) is 0 Å². The van der Waals surface area contributed by atoms with Gasteiger partial charge in [-0.05, 0) is 25.5 Å². The highest BCUT2D eigenvalue weighted by atomic mass is 19.4. The Hall–Kier alpha value is -2.97. The minimum atomic E-state index is -4.83. The molecule has 0 unspecified atom stereocenters. The summed E-state index contributed by atoms with van der Waals surface area (Å²) in [5.41, 5.74) is 1.40. The van der Waals surface area contributed by atoms with Crippen LogP contribution in [0.3, 0.4) is 0 Å². The molecule has 140 valence electrons. The number of nitrogens with one attached hydrogen (secondary N) is 2. The number of methoxy groups -OCH3 is 1. The van der Waals surface area contributed by atoms with E-state index in [2.05, 4.69) is 19.8 Å². The molecule has 2 N–H and O–H groups in total. The number of esters is 1. The molecule has 1 heterocycles. The van der Waals surface area contributed by atoms with E-state index in [9.17, 15) is 22.8 Å². The zero-order chi connectivity index (χ0) is 19.5. The highest BCUT2D eigenvalue weighted by Crippen LogP contribution is 2.26. The molecule has 0 saturated heterocycles. The van der Waals surface area contributed by atoms with Crippen LogP contribution in [0, 0.1) is 13.8 Å². The lowest BCUT2D eigenvalue weighted by Gasteiger charge is -2.13. The van der Waals surface area contributed by atoms with Crippen molar-refractivity contribution >= 4 is 11.9 Å². The van der Waals surface area contributed by atoms with Crippen LogP contribution in [-0.2, 0) is 11.3 Å². The van der Waals surface area contributed by atoms with Gasteiger partial charge in [0.15, 0.2) is 0 Å². The lowest BCUT2D eigenvalue weighted by Crippen LogP contribution is -2.25. The van der Waals surface area contributed by atoms with Crippen LogP contribution in [0.1, 0.15) is 37.7 Å². The fraction of sp³-hybridized carbons (Fsp3) is 0.294. The third-order valence-corrected chi connectivity index (χ3v) is 3.69. The molecule has 2 aromatic rings. The quantitative estimate of drug-likeness (QED) is 0.792. The van der Waals surface area contributed by atoms with E-state index in [1.807, 2.05) is 0 Å². The lowest BCUT2D eigenvalue weighted by molar-refractivity contribution is -0.274. The second-order valence-corrected chi connectivity index (χ2v) is 5.45. The number of rotatable bonds is 5. The molecule has 0 fully saturated rings. The van der Waals surface area contributed by atoms with Crippen LogP contribution >= 0.6 is 0 Å². The lowest BCUT2D eigenvalue weighted by atomic mass is 10.1. The normalized spacial score (nSPS) is 11.2. The fourth-order valence-corrected chi connectivity index (χ4v) is 2.52. The Morgan fingerprint density at radius 1 is 1.19 bits per heavy atom. The summed E-state index contributed by atoms with van der Waals surface area (Å²) in [6.07, 6.45) is -4.83. The molecule has 0 aliphatic rings. The minimum Gasteiger partial charge on any atom is -0.465 e. The van der Waals surface area contributed by atoms with Crippen molar-refractivity contribution in [1.82, 2.24) is 10.3 Å². The van der Waals surface area contributed by atoms with Gasteiger partial charge in [-0.1, -0.05) is 18.2 Å². The molecule has 0 spiro atoms. The van der Waals surface area contributed by atoms with Gasteiger partial charge in [0.2, 0.25) is 0 Å². The first-order valence-electron chi connectivity index (χ1n) is 7.53. The number of aromatic amines is 1. The van der Waals surface area contributed by atoms with Crippen LogP contribution in [0.4, 0.5) is 13.2 Å². The van der Waals surface area contributed by atoms with Crippen LogP contribution in [0.5, 0.6) is 5.75 Å². The van der Waals surface area contributed by atoms with Crippen molar-refractivity contribution in [2.24, 2.45) is 0 Å². The Morgan fingerprint density at radius 2 is 1.85 bits per heavy atom. The number of benzene rings is 1. The van der Waals surface area contributed by atoms with Crippen molar-refractivity contribution in [3.05, 3.63) is 52.3 Å². The van der Waals surface area contributed by atoms with Gasteiger partial charge in [0.05, 0.1) is 12.7 Å². The van der Waals surface area contributed by atoms with Crippen molar-refractivity contribution in [3.8, 4) is 5.75 Å². The number of alkyl halides is 3. The van der Waals surface area contributed by atoms with Gasteiger partial charge in [-0.15, -0.1) is 13.2 Å². The summed E-state index contributed by atoms with van der Waals surface area (Å²) >= 11 is 0. The van der Waals surface area contributed by atoms with Crippen LogP contribution < -0.4 is 10.1 Å². The highest BCUT2D eigenvalue weighted by Gasteiger charge is 2.32. The second kappa shape index (κ2) is 7.51. The van der Waals surface area contributed by atoms with Crippen LogP contribution in [0.15, 0.2) is 24.3 Å². The van der Waals surface area contributed by atoms with E-state index in [4.69, 9.17) is 0 Å². The number of amides is 1. The predicted octanol–water partition coefficient (Wildman–Crippen LogP) is 3.25. The summed E-state index contributed by atoms with van der Waals surface area (Å²) in [4.78, 5) is 26.9. The molecule has 9 heteroatoms. The number of carbonyl (C=O) groups excluding carboxylic acids is 2. The molecule has 1 aromatic carbocycles. The molecule has 0 atom stereocenters. The Labute approximate surface area is 147 Å². The molecule has 0 aliphatic carbocycles.